The van der Waals surface area contributed by atoms with E-state index in [-0.39, 0.29) is 18.0 Å². The number of nitro benzene ring substituents is 1. The number of hydrogen-bond acceptors (Lipinski definition) is 6. The molecule has 0 aliphatic rings. The van der Waals surface area contributed by atoms with Gasteiger partial charge in [0.1, 0.15) is 6.10 Å². The Hall–Kier alpha value is -2.55. The Morgan fingerprint density at radius 1 is 1.15 bits per heavy atom. The van der Waals surface area contributed by atoms with Crippen LogP contribution in [0.4, 0.5) is 5.69 Å². The lowest BCUT2D eigenvalue weighted by atomic mass is 10.1. The zero-order valence-corrected chi connectivity index (χ0v) is 15.3. The van der Waals surface area contributed by atoms with E-state index in [1.807, 2.05) is 29.6 Å². The summed E-state index contributed by atoms with van der Waals surface area (Å²) in [6, 6.07) is 13.5. The molecule has 0 radical (unpaired) electrons. The maximum absolute atomic E-state index is 12.0. The van der Waals surface area contributed by atoms with Crippen molar-refractivity contribution in [3.63, 3.8) is 0 Å². The van der Waals surface area contributed by atoms with Gasteiger partial charge in [-0.05, 0) is 29.1 Å². The molecule has 134 valence electrons. The van der Waals surface area contributed by atoms with Gasteiger partial charge in [-0.2, -0.15) is 0 Å². The lowest BCUT2D eigenvalue weighted by Crippen LogP contribution is -2.24. The molecule has 0 bridgehead atoms. The molecule has 2 heterocycles. The highest BCUT2D eigenvalue weighted by molar-refractivity contribution is 7.12. The summed E-state index contributed by atoms with van der Waals surface area (Å²) in [5, 5.41) is 25.7. The molecule has 3 aromatic rings. The van der Waals surface area contributed by atoms with Gasteiger partial charge in [0, 0.05) is 26.8 Å². The second kappa shape index (κ2) is 8.22. The summed E-state index contributed by atoms with van der Waals surface area (Å²) in [5.74, 6) is -0.160. The Morgan fingerprint density at radius 2 is 1.92 bits per heavy atom. The van der Waals surface area contributed by atoms with Gasteiger partial charge in [-0.3, -0.25) is 14.9 Å². The summed E-state index contributed by atoms with van der Waals surface area (Å²) >= 11 is 2.96. The molecule has 2 N–H and O–H groups in total. The normalized spacial score (nSPS) is 11.9. The Bertz CT molecular complexity index is 888. The molecule has 0 fully saturated rings. The summed E-state index contributed by atoms with van der Waals surface area (Å²) < 4.78 is 0. The van der Waals surface area contributed by atoms with Crippen molar-refractivity contribution in [3.05, 3.63) is 84.2 Å². The topological polar surface area (TPSA) is 92.5 Å². The Balaban J connectivity index is 1.52. The molecule has 8 heteroatoms. The molecule has 3 rings (SSSR count). The van der Waals surface area contributed by atoms with Crippen LogP contribution >= 0.6 is 22.7 Å². The highest BCUT2D eigenvalue weighted by atomic mass is 32.1. The first kappa shape index (κ1) is 18.2. The number of aliphatic hydroxyl groups is 1. The van der Waals surface area contributed by atoms with Crippen molar-refractivity contribution in [1.82, 2.24) is 5.32 Å². The number of aliphatic hydroxyl groups excluding tert-OH is 1. The fourth-order valence-electron chi connectivity index (χ4n) is 2.39. The number of nitrogens with zero attached hydrogens (tertiary/aromatic N) is 1. The minimum Gasteiger partial charge on any atom is -0.382 e. The minimum atomic E-state index is -0.635. The van der Waals surface area contributed by atoms with E-state index >= 15 is 0 Å². The molecule has 0 saturated carbocycles. The van der Waals surface area contributed by atoms with Gasteiger partial charge < -0.3 is 10.4 Å². The van der Waals surface area contributed by atoms with Crippen molar-refractivity contribution in [2.45, 2.75) is 19.1 Å². The SMILES string of the molecule is O=C(Cc1ccc([N+](=O)[O-])cc1)NCc1ccc(C(O)c2cccs2)s1. The fourth-order valence-corrected chi connectivity index (χ4v) is 4.15. The zero-order valence-electron chi connectivity index (χ0n) is 13.6. The number of nitro groups is 1. The summed E-state index contributed by atoms with van der Waals surface area (Å²) in [7, 11) is 0. The molecule has 0 aliphatic carbocycles. The lowest BCUT2D eigenvalue weighted by Gasteiger charge is -2.05. The average molecular weight is 388 g/mol. The smallest absolute Gasteiger partial charge is 0.269 e. The monoisotopic (exact) mass is 388 g/mol. The van der Waals surface area contributed by atoms with Gasteiger partial charge in [0.2, 0.25) is 5.91 Å². The van der Waals surface area contributed by atoms with Crippen molar-refractivity contribution < 1.29 is 14.8 Å². The Labute approximate surface area is 157 Å². The Kier molecular flexibility index (Phi) is 5.77. The third-order valence-electron chi connectivity index (χ3n) is 3.74. The fraction of sp³-hybridized carbons (Fsp3) is 0.167. The highest BCUT2D eigenvalue weighted by Crippen LogP contribution is 2.30. The molecular formula is C18H16N2O4S2. The van der Waals surface area contributed by atoms with Gasteiger partial charge in [0.05, 0.1) is 17.9 Å². The molecule has 0 saturated heterocycles. The van der Waals surface area contributed by atoms with Crippen LogP contribution in [0, 0.1) is 10.1 Å². The predicted octanol–water partition coefficient (Wildman–Crippen LogP) is 3.66. The molecule has 1 atom stereocenters. The second-order valence-electron chi connectivity index (χ2n) is 5.60. The van der Waals surface area contributed by atoms with E-state index in [0.717, 1.165) is 14.6 Å². The van der Waals surface area contributed by atoms with Gasteiger partial charge in [-0.1, -0.05) is 18.2 Å². The van der Waals surface area contributed by atoms with Crippen LogP contribution in [-0.4, -0.2) is 15.9 Å². The number of carbonyl (C=O) groups is 1. The van der Waals surface area contributed by atoms with Crippen LogP contribution in [0.3, 0.4) is 0 Å². The van der Waals surface area contributed by atoms with E-state index in [9.17, 15) is 20.0 Å². The van der Waals surface area contributed by atoms with Gasteiger partial charge in [0.25, 0.3) is 5.69 Å². The van der Waals surface area contributed by atoms with Gasteiger partial charge in [0.15, 0.2) is 0 Å². The van der Waals surface area contributed by atoms with Crippen molar-refractivity contribution >= 4 is 34.3 Å². The molecular weight excluding hydrogens is 372 g/mol. The molecule has 1 unspecified atom stereocenters. The average Bonchev–Trinajstić information content (AvgIpc) is 3.32. The summed E-state index contributed by atoms with van der Waals surface area (Å²) in [4.78, 5) is 24.9. The quantitative estimate of drug-likeness (QED) is 0.477. The minimum absolute atomic E-state index is 0.00423. The maximum Gasteiger partial charge on any atom is 0.269 e. The number of non-ortho nitro benzene ring substituents is 1. The van der Waals surface area contributed by atoms with Crippen LogP contribution in [0.2, 0.25) is 0 Å². The van der Waals surface area contributed by atoms with E-state index in [1.54, 1.807) is 12.1 Å². The molecule has 1 aromatic carbocycles. The Morgan fingerprint density at radius 3 is 2.58 bits per heavy atom. The molecule has 0 aliphatic heterocycles. The van der Waals surface area contributed by atoms with Crippen LogP contribution in [0.5, 0.6) is 0 Å². The predicted molar refractivity (Wildman–Crippen MR) is 101 cm³/mol. The molecule has 1 amide bonds. The summed E-state index contributed by atoms with van der Waals surface area (Å²) in [5.41, 5.74) is 0.720. The van der Waals surface area contributed by atoms with Crippen LogP contribution in [0.25, 0.3) is 0 Å². The number of benzene rings is 1. The highest BCUT2D eigenvalue weighted by Gasteiger charge is 2.14. The first-order valence-electron chi connectivity index (χ1n) is 7.83. The third-order valence-corrected chi connectivity index (χ3v) is 5.80. The van der Waals surface area contributed by atoms with Gasteiger partial charge in [-0.25, -0.2) is 0 Å². The summed E-state index contributed by atoms with van der Waals surface area (Å²) in [6.07, 6.45) is -0.474. The van der Waals surface area contributed by atoms with Crippen LogP contribution in [0.1, 0.15) is 26.3 Å². The van der Waals surface area contributed by atoms with Crippen LogP contribution in [-0.2, 0) is 17.8 Å². The zero-order chi connectivity index (χ0) is 18.5. The number of thiophene rings is 2. The molecule has 2 aromatic heterocycles. The summed E-state index contributed by atoms with van der Waals surface area (Å²) in [6.45, 7) is 0.383. The number of rotatable bonds is 7. The van der Waals surface area contributed by atoms with E-state index in [1.165, 1.54) is 34.8 Å². The van der Waals surface area contributed by atoms with Crippen LogP contribution < -0.4 is 5.32 Å². The molecule has 6 nitrogen and oxygen atoms in total. The molecule has 26 heavy (non-hydrogen) atoms. The van der Waals surface area contributed by atoms with E-state index < -0.39 is 11.0 Å². The van der Waals surface area contributed by atoms with Crippen LogP contribution in [0.15, 0.2) is 53.9 Å². The first-order chi connectivity index (χ1) is 12.5. The van der Waals surface area contributed by atoms with Gasteiger partial charge in [-0.15, -0.1) is 22.7 Å². The largest absolute Gasteiger partial charge is 0.382 e. The third kappa shape index (κ3) is 4.54. The molecule has 0 spiro atoms. The maximum atomic E-state index is 12.0. The van der Waals surface area contributed by atoms with Crippen molar-refractivity contribution in [2.75, 3.05) is 0 Å². The number of hydrogen-bond donors (Lipinski definition) is 2. The standard InChI is InChI=1S/C18H16N2O4S2/c21-17(10-12-3-5-13(6-4-12)20(23)24)19-11-14-7-8-16(26-14)18(22)15-2-1-9-25-15/h1-9,18,22H,10-11H2,(H,19,21). The number of nitrogens with one attached hydrogen (secondary N) is 1. The number of carbonyl (C=O) groups excluding carboxylic acids is 1. The van der Waals surface area contributed by atoms with Crippen molar-refractivity contribution in [2.24, 2.45) is 0 Å². The second-order valence-corrected chi connectivity index (χ2v) is 7.78. The number of amides is 1. The first-order valence-corrected chi connectivity index (χ1v) is 9.52. The van der Waals surface area contributed by atoms with Crippen molar-refractivity contribution in [3.8, 4) is 0 Å². The van der Waals surface area contributed by atoms with E-state index in [2.05, 4.69) is 5.32 Å². The van der Waals surface area contributed by atoms with Crippen molar-refractivity contribution in [1.29, 1.82) is 0 Å². The van der Waals surface area contributed by atoms with E-state index in [4.69, 9.17) is 0 Å². The van der Waals surface area contributed by atoms with E-state index in [0.29, 0.717) is 12.1 Å². The lowest BCUT2D eigenvalue weighted by molar-refractivity contribution is -0.384. The van der Waals surface area contributed by atoms with Gasteiger partial charge >= 0.3 is 0 Å².